The molecule has 20 heavy (non-hydrogen) atoms. The largest absolute Gasteiger partial charge is 0.352 e. The third kappa shape index (κ3) is 4.41. The molecule has 0 bridgehead atoms. The number of nitrogens with one attached hydrogen (secondary N) is 1. The molecule has 1 N–H and O–H groups in total. The summed E-state index contributed by atoms with van der Waals surface area (Å²) in [5.74, 6) is -0.191. The molecule has 0 fully saturated rings. The lowest BCUT2D eigenvalue weighted by Gasteiger charge is -2.06. The molecule has 2 rings (SSSR count). The molecule has 2 aromatic carbocycles. The lowest BCUT2D eigenvalue weighted by molar-refractivity contribution is 0.0954. The Morgan fingerprint density at radius 2 is 1.50 bits per heavy atom. The third-order valence-corrected chi connectivity index (χ3v) is 3.43. The van der Waals surface area contributed by atoms with Crippen molar-refractivity contribution in [3.63, 3.8) is 0 Å². The number of rotatable bonds is 4. The van der Waals surface area contributed by atoms with Crippen molar-refractivity contribution in [1.29, 1.82) is 0 Å². The quantitative estimate of drug-likeness (QED) is 0.872. The van der Waals surface area contributed by atoms with Crippen molar-refractivity contribution in [2.45, 2.75) is 6.42 Å². The molecule has 0 spiro atoms. The summed E-state index contributed by atoms with van der Waals surface area (Å²) < 4.78 is 0. The predicted molar refractivity (Wildman–Crippen MR) is 84.0 cm³/mol. The Labute approximate surface area is 132 Å². The van der Waals surface area contributed by atoms with E-state index in [1.165, 1.54) is 0 Å². The first kappa shape index (κ1) is 15.2. The molecule has 0 aliphatic heterocycles. The van der Waals surface area contributed by atoms with Crippen LogP contribution in [0.15, 0.2) is 42.5 Å². The van der Waals surface area contributed by atoms with Crippen LogP contribution in [-0.2, 0) is 6.42 Å². The van der Waals surface area contributed by atoms with E-state index in [-0.39, 0.29) is 5.91 Å². The SMILES string of the molecule is O=C(NCCc1ccc(Cl)cc1)c1cc(Cl)cc(Cl)c1. The van der Waals surface area contributed by atoms with Gasteiger partial charge in [-0.1, -0.05) is 46.9 Å². The van der Waals surface area contributed by atoms with Gasteiger partial charge < -0.3 is 5.32 Å². The molecule has 2 aromatic rings. The van der Waals surface area contributed by atoms with Gasteiger partial charge in [-0.15, -0.1) is 0 Å². The number of amides is 1. The van der Waals surface area contributed by atoms with Crippen molar-refractivity contribution >= 4 is 40.7 Å². The minimum Gasteiger partial charge on any atom is -0.352 e. The molecule has 0 aromatic heterocycles. The molecule has 5 heteroatoms. The average Bonchev–Trinajstić information content (AvgIpc) is 2.40. The van der Waals surface area contributed by atoms with Gasteiger partial charge in [0.05, 0.1) is 0 Å². The van der Waals surface area contributed by atoms with Crippen LogP contribution in [0.5, 0.6) is 0 Å². The van der Waals surface area contributed by atoms with E-state index < -0.39 is 0 Å². The maximum atomic E-state index is 11.9. The summed E-state index contributed by atoms with van der Waals surface area (Å²) in [6, 6.07) is 12.3. The van der Waals surface area contributed by atoms with Gasteiger partial charge in [0.2, 0.25) is 0 Å². The van der Waals surface area contributed by atoms with Gasteiger partial charge in [-0.25, -0.2) is 0 Å². The fraction of sp³-hybridized carbons (Fsp3) is 0.133. The summed E-state index contributed by atoms with van der Waals surface area (Å²) in [5, 5.41) is 4.42. The molecule has 104 valence electrons. The smallest absolute Gasteiger partial charge is 0.251 e. The molecular weight excluding hydrogens is 317 g/mol. The molecule has 0 aliphatic rings. The van der Waals surface area contributed by atoms with Crippen LogP contribution >= 0.6 is 34.8 Å². The van der Waals surface area contributed by atoms with E-state index in [0.29, 0.717) is 27.2 Å². The molecule has 0 heterocycles. The van der Waals surface area contributed by atoms with Crippen molar-refractivity contribution in [1.82, 2.24) is 5.32 Å². The molecule has 0 aliphatic carbocycles. The van der Waals surface area contributed by atoms with Crippen molar-refractivity contribution in [2.75, 3.05) is 6.54 Å². The van der Waals surface area contributed by atoms with Crippen LogP contribution in [0.25, 0.3) is 0 Å². The van der Waals surface area contributed by atoms with Crippen LogP contribution in [-0.4, -0.2) is 12.5 Å². The molecule has 0 atom stereocenters. The zero-order valence-corrected chi connectivity index (χ0v) is 12.8. The molecule has 1 amide bonds. The summed E-state index contributed by atoms with van der Waals surface area (Å²) in [5.41, 5.74) is 1.57. The standard InChI is InChI=1S/C15H12Cl3NO/c16-12-3-1-10(2-4-12)5-6-19-15(20)11-7-13(17)9-14(18)8-11/h1-4,7-9H,5-6H2,(H,19,20). The summed E-state index contributed by atoms with van der Waals surface area (Å²) in [6.45, 7) is 0.532. The number of benzene rings is 2. The van der Waals surface area contributed by atoms with E-state index in [4.69, 9.17) is 34.8 Å². The van der Waals surface area contributed by atoms with Crippen LogP contribution in [0.2, 0.25) is 15.1 Å². The second-order valence-electron chi connectivity index (χ2n) is 4.29. The normalized spacial score (nSPS) is 10.3. The third-order valence-electron chi connectivity index (χ3n) is 2.74. The molecule has 0 saturated carbocycles. The zero-order chi connectivity index (χ0) is 14.5. The highest BCUT2D eigenvalue weighted by Gasteiger charge is 2.07. The van der Waals surface area contributed by atoms with Crippen molar-refractivity contribution in [2.24, 2.45) is 0 Å². The zero-order valence-electron chi connectivity index (χ0n) is 10.5. The Bertz CT molecular complexity index is 591. The van der Waals surface area contributed by atoms with E-state index in [9.17, 15) is 4.79 Å². The Morgan fingerprint density at radius 1 is 0.900 bits per heavy atom. The van der Waals surface area contributed by atoms with Crippen LogP contribution in [0, 0.1) is 0 Å². The van der Waals surface area contributed by atoms with E-state index >= 15 is 0 Å². The highest BCUT2D eigenvalue weighted by atomic mass is 35.5. The van der Waals surface area contributed by atoms with Crippen LogP contribution in [0.3, 0.4) is 0 Å². The van der Waals surface area contributed by atoms with Crippen LogP contribution in [0.4, 0.5) is 0 Å². The summed E-state index contributed by atoms with van der Waals surface area (Å²) in [6.07, 6.45) is 0.733. The maximum Gasteiger partial charge on any atom is 0.251 e. The second-order valence-corrected chi connectivity index (χ2v) is 5.60. The average molecular weight is 329 g/mol. The summed E-state index contributed by atoms with van der Waals surface area (Å²) in [7, 11) is 0. The van der Waals surface area contributed by atoms with Gasteiger partial charge in [0.15, 0.2) is 0 Å². The predicted octanol–water partition coefficient (Wildman–Crippen LogP) is 4.62. The van der Waals surface area contributed by atoms with Crippen molar-refractivity contribution in [3.05, 3.63) is 68.7 Å². The Hall–Kier alpha value is -1.22. The van der Waals surface area contributed by atoms with E-state index in [0.717, 1.165) is 12.0 Å². The minimum absolute atomic E-state index is 0.191. The highest BCUT2D eigenvalue weighted by Crippen LogP contribution is 2.19. The number of halogens is 3. The lowest BCUT2D eigenvalue weighted by atomic mass is 10.1. The molecule has 0 unspecified atom stereocenters. The Balaban J connectivity index is 1.90. The Kier molecular flexibility index (Phi) is 5.30. The molecule has 2 nitrogen and oxygen atoms in total. The van der Waals surface area contributed by atoms with Gasteiger partial charge in [0.1, 0.15) is 0 Å². The first-order valence-corrected chi connectivity index (χ1v) is 7.17. The number of hydrogen-bond acceptors (Lipinski definition) is 1. The number of carbonyl (C=O) groups is 1. The maximum absolute atomic E-state index is 11.9. The second kappa shape index (κ2) is 6.98. The molecule has 0 saturated heterocycles. The van der Waals surface area contributed by atoms with Gasteiger partial charge >= 0.3 is 0 Å². The summed E-state index contributed by atoms with van der Waals surface area (Å²) in [4.78, 5) is 11.9. The van der Waals surface area contributed by atoms with E-state index in [1.807, 2.05) is 24.3 Å². The Morgan fingerprint density at radius 3 is 2.10 bits per heavy atom. The monoisotopic (exact) mass is 327 g/mol. The van der Waals surface area contributed by atoms with E-state index in [1.54, 1.807) is 18.2 Å². The fourth-order valence-corrected chi connectivity index (χ4v) is 2.41. The first-order chi connectivity index (χ1) is 9.54. The number of carbonyl (C=O) groups excluding carboxylic acids is 1. The van der Waals surface area contributed by atoms with E-state index in [2.05, 4.69) is 5.32 Å². The highest BCUT2D eigenvalue weighted by molar-refractivity contribution is 6.35. The fourth-order valence-electron chi connectivity index (χ4n) is 1.76. The van der Waals surface area contributed by atoms with Gasteiger partial charge in [-0.3, -0.25) is 4.79 Å². The van der Waals surface area contributed by atoms with Crippen molar-refractivity contribution in [3.8, 4) is 0 Å². The van der Waals surface area contributed by atoms with Gasteiger partial charge in [0, 0.05) is 27.2 Å². The summed E-state index contributed by atoms with van der Waals surface area (Å²) >= 11 is 17.5. The minimum atomic E-state index is -0.191. The molecular formula is C15H12Cl3NO. The van der Waals surface area contributed by atoms with Crippen LogP contribution in [0.1, 0.15) is 15.9 Å². The van der Waals surface area contributed by atoms with Gasteiger partial charge in [-0.2, -0.15) is 0 Å². The van der Waals surface area contributed by atoms with Crippen molar-refractivity contribution < 1.29 is 4.79 Å². The first-order valence-electron chi connectivity index (χ1n) is 6.03. The van der Waals surface area contributed by atoms with Crippen LogP contribution < -0.4 is 5.32 Å². The topological polar surface area (TPSA) is 29.1 Å². The number of hydrogen-bond donors (Lipinski definition) is 1. The lowest BCUT2D eigenvalue weighted by Crippen LogP contribution is -2.25. The molecule has 0 radical (unpaired) electrons. The van der Waals surface area contributed by atoms with Gasteiger partial charge in [-0.05, 0) is 42.3 Å². The van der Waals surface area contributed by atoms with Gasteiger partial charge in [0.25, 0.3) is 5.91 Å².